The van der Waals surface area contributed by atoms with Gasteiger partial charge in [0.1, 0.15) is 97.7 Å². The molecule has 6 aliphatic rings. The van der Waals surface area contributed by atoms with Gasteiger partial charge in [-0.2, -0.15) is 0 Å². The van der Waals surface area contributed by atoms with Crippen LogP contribution in [0.1, 0.15) is 6.92 Å². The van der Waals surface area contributed by atoms with E-state index in [0.29, 0.717) is 0 Å². The normalized spacial score (nSPS) is 50.8. The minimum atomic E-state index is -2.31. The number of rotatable bonds is 17. The highest BCUT2D eigenvalue weighted by Gasteiger charge is 2.58. The number of aliphatic hydroxyl groups excluding tert-OH is 12. The van der Waals surface area contributed by atoms with Gasteiger partial charge in [0.05, 0.1) is 44.1 Å². The molecule has 0 aromatic carbocycles. The number of ether oxygens (including phenoxy) is 12. The second kappa shape index (κ2) is 23.9. The summed E-state index contributed by atoms with van der Waals surface area (Å²) in [5.41, 5.74) is 18.3. The van der Waals surface area contributed by atoms with Crippen LogP contribution in [-0.2, 0) is 71.2 Å². The smallest absolute Gasteiger partial charge is 0.335 e. The van der Waals surface area contributed by atoms with Gasteiger partial charge >= 0.3 is 17.9 Å². The Morgan fingerprint density at radius 1 is 0.394 bits per heavy atom. The highest BCUT2D eigenvalue weighted by atomic mass is 16.8. The maximum atomic E-state index is 12.6. The molecule has 0 bridgehead atoms. The fourth-order valence-corrected chi connectivity index (χ4v) is 8.99. The molecule has 33 heteroatoms. The summed E-state index contributed by atoms with van der Waals surface area (Å²) in [6.07, 6.45) is -49.9. The van der Waals surface area contributed by atoms with E-state index >= 15 is 0 Å². The van der Waals surface area contributed by atoms with E-state index < -0.39 is 222 Å². The Hall–Kier alpha value is -2.67. The van der Waals surface area contributed by atoms with Gasteiger partial charge in [-0.1, -0.05) is 6.92 Å². The number of carbonyl (C=O) groups is 3. The van der Waals surface area contributed by atoms with E-state index in [1.54, 1.807) is 0 Å². The Labute approximate surface area is 400 Å². The van der Waals surface area contributed by atoms with Gasteiger partial charge in [-0.3, -0.25) is 0 Å². The molecule has 0 radical (unpaired) electrons. The van der Waals surface area contributed by atoms with Crippen LogP contribution in [0.2, 0.25) is 0 Å². The van der Waals surface area contributed by atoms with Gasteiger partial charge in [0.2, 0.25) is 0 Å². The predicted molar refractivity (Wildman–Crippen MR) is 215 cm³/mol. The minimum absolute atomic E-state index is 0.785. The quantitative estimate of drug-likeness (QED) is 0.0643. The van der Waals surface area contributed by atoms with E-state index in [4.69, 9.17) is 74.0 Å². The number of hydrogen-bond donors (Lipinski definition) is 18. The Morgan fingerprint density at radius 2 is 0.676 bits per heavy atom. The Kier molecular flexibility index (Phi) is 19.4. The largest absolute Gasteiger partial charge is 0.479 e. The van der Waals surface area contributed by atoms with E-state index in [0.717, 1.165) is 0 Å². The third kappa shape index (κ3) is 11.6. The molecule has 0 spiro atoms. The lowest BCUT2D eigenvalue weighted by molar-refractivity contribution is -0.377. The molecular formula is C38H63N3O30. The fraction of sp³-hybridized carbons (Fsp3) is 0.921. The van der Waals surface area contributed by atoms with E-state index in [2.05, 4.69) is 0 Å². The van der Waals surface area contributed by atoms with Crippen molar-refractivity contribution < 1.29 is 148 Å². The lowest BCUT2D eigenvalue weighted by Crippen LogP contribution is -2.70. The van der Waals surface area contributed by atoms with Crippen LogP contribution in [0, 0.1) is 5.92 Å². The molecule has 0 amide bonds. The molecule has 6 saturated heterocycles. The molecule has 410 valence electrons. The van der Waals surface area contributed by atoms with Crippen LogP contribution in [-0.4, -0.2) is 299 Å². The van der Waals surface area contributed by atoms with Crippen LogP contribution in [0.25, 0.3) is 0 Å². The third-order valence-corrected chi connectivity index (χ3v) is 13.1. The zero-order valence-corrected chi connectivity index (χ0v) is 37.5. The fourth-order valence-electron chi connectivity index (χ4n) is 8.99. The number of carboxylic acids is 3. The van der Waals surface area contributed by atoms with Gasteiger partial charge in [-0.25, -0.2) is 14.4 Å². The first kappa shape index (κ1) is 57.6. The van der Waals surface area contributed by atoms with Crippen molar-refractivity contribution in [2.24, 2.45) is 23.1 Å². The zero-order valence-electron chi connectivity index (χ0n) is 37.5. The van der Waals surface area contributed by atoms with Crippen LogP contribution < -0.4 is 17.2 Å². The molecule has 0 aromatic heterocycles. The van der Waals surface area contributed by atoms with Crippen LogP contribution in [0.4, 0.5) is 0 Å². The standard InChI is InChI=1S/C38H63N3O30/c1-6-13(45)19(51)36(64-22(6)30(54)55)65-24-8(4-43)62-34(11(40)15(24)47)68-27-18(50)21(53)38(71-29(27)32(58)59)67-25-9(5-44)63-35(12(41)16(25)48)69-26-17(49)20(52)37(70-28(26)31(56)57)66-23-7(3-42)61-33(60-2)10(39)14(23)46/h6-29,33-38,42-53H,3-5,39-41H2,1-2H3,(H,54,55)(H,56,57)(H,58,59)/t6-,7?,8?,9?,10?,11?,12?,13-,14+,15+,16+,17+,18+,19?,20?,21?,22?,23+,24+,25+,26-,27-,28?,29?,33-,34+,35+,36-,37+,38+/m0/s1. The summed E-state index contributed by atoms with van der Waals surface area (Å²) in [5, 5.41) is 159. The van der Waals surface area contributed by atoms with Crippen LogP contribution >= 0.6 is 0 Å². The molecule has 6 heterocycles. The molecule has 6 rings (SSSR count). The number of hydrogen-bond acceptors (Lipinski definition) is 30. The monoisotopic (exact) mass is 1040 g/mol. The Morgan fingerprint density at radius 3 is 0.986 bits per heavy atom. The summed E-state index contributed by atoms with van der Waals surface area (Å²) >= 11 is 0. The summed E-state index contributed by atoms with van der Waals surface area (Å²) in [6.45, 7) is -1.58. The van der Waals surface area contributed by atoms with Crippen molar-refractivity contribution in [1.29, 1.82) is 0 Å². The summed E-state index contributed by atoms with van der Waals surface area (Å²) < 4.78 is 66.0. The van der Waals surface area contributed by atoms with Crippen molar-refractivity contribution >= 4 is 17.9 Å². The maximum absolute atomic E-state index is 12.6. The molecule has 6 fully saturated rings. The van der Waals surface area contributed by atoms with Crippen molar-refractivity contribution in [2.45, 2.75) is 185 Å². The number of methoxy groups -OCH3 is 1. The van der Waals surface area contributed by atoms with Gasteiger partial charge in [0.25, 0.3) is 0 Å². The topological polar surface area (TPSA) is 543 Å². The zero-order chi connectivity index (χ0) is 52.7. The first-order valence-electron chi connectivity index (χ1n) is 22.1. The van der Waals surface area contributed by atoms with E-state index in [9.17, 15) is 91.0 Å². The van der Waals surface area contributed by atoms with E-state index in [-0.39, 0.29) is 0 Å². The average Bonchev–Trinajstić information content (AvgIpc) is 3.33. The van der Waals surface area contributed by atoms with Crippen molar-refractivity contribution in [3.63, 3.8) is 0 Å². The van der Waals surface area contributed by atoms with Crippen LogP contribution in [0.3, 0.4) is 0 Å². The van der Waals surface area contributed by atoms with Crippen molar-refractivity contribution in [3.8, 4) is 0 Å². The second-order valence-corrected chi connectivity index (χ2v) is 17.7. The first-order valence-corrected chi connectivity index (χ1v) is 22.1. The van der Waals surface area contributed by atoms with Crippen molar-refractivity contribution in [2.75, 3.05) is 26.9 Å². The summed E-state index contributed by atoms with van der Waals surface area (Å²) in [7, 11) is 1.21. The van der Waals surface area contributed by atoms with Gasteiger partial charge in [-0.15, -0.1) is 0 Å². The Balaban J connectivity index is 1.10. The van der Waals surface area contributed by atoms with E-state index in [1.807, 2.05) is 0 Å². The van der Waals surface area contributed by atoms with Gasteiger partial charge in [-0.05, 0) is 0 Å². The highest BCUT2D eigenvalue weighted by molar-refractivity contribution is 5.74. The SMILES string of the molecule is CO[C@H]1OC(CO)[C@@H](O[C@@H]2OC(C(=O)O)[C@@H](O[C@H]3OC(CO)[C@@H](O[C@@H]4OC(C(=O)O)[C@@H](O[C@H]5OC(CO)[C@@H](O[C@@H]6OC(C(=O)O)[C@@H](C)[C@H](O)C6O)[C@H](O)C5N)[C@H](O)C4O)[C@H](O)C3N)[C@H](O)C2O)[C@H](O)C1N. The van der Waals surface area contributed by atoms with E-state index in [1.165, 1.54) is 14.0 Å². The highest BCUT2D eigenvalue weighted by Crippen LogP contribution is 2.37. The number of aliphatic carboxylic acids is 3. The first-order chi connectivity index (χ1) is 33.4. The van der Waals surface area contributed by atoms with Crippen molar-refractivity contribution in [1.82, 2.24) is 0 Å². The van der Waals surface area contributed by atoms with Gasteiger partial charge < -0.3 is 151 Å². The van der Waals surface area contributed by atoms with Crippen molar-refractivity contribution in [3.05, 3.63) is 0 Å². The molecule has 0 aromatic rings. The van der Waals surface area contributed by atoms with Gasteiger partial charge in [0, 0.05) is 13.0 Å². The number of nitrogens with two attached hydrogens (primary N) is 3. The summed E-state index contributed by atoms with van der Waals surface area (Å²) in [5.74, 6) is -6.32. The molecule has 33 nitrogen and oxygen atoms in total. The minimum Gasteiger partial charge on any atom is -0.479 e. The molecular weight excluding hydrogens is 978 g/mol. The molecule has 12 unspecified atom stereocenters. The van der Waals surface area contributed by atoms with Crippen LogP contribution in [0.15, 0.2) is 0 Å². The summed E-state index contributed by atoms with van der Waals surface area (Å²) in [6, 6.07) is -4.85. The lowest BCUT2D eigenvalue weighted by atomic mass is 9.90. The Bertz CT molecular complexity index is 1780. The van der Waals surface area contributed by atoms with Crippen LogP contribution in [0.5, 0.6) is 0 Å². The molecule has 0 saturated carbocycles. The molecule has 21 N–H and O–H groups in total. The van der Waals surface area contributed by atoms with Gasteiger partial charge in [0.15, 0.2) is 56.1 Å². The molecule has 30 atom stereocenters. The molecule has 71 heavy (non-hydrogen) atoms. The number of carboxylic acid groups (broad SMARTS) is 3. The second-order valence-electron chi connectivity index (χ2n) is 17.7. The molecule has 6 aliphatic heterocycles. The third-order valence-electron chi connectivity index (χ3n) is 13.1. The average molecular weight is 1040 g/mol. The maximum Gasteiger partial charge on any atom is 0.335 e. The number of aliphatic hydroxyl groups is 12. The predicted octanol–water partition coefficient (Wildman–Crippen LogP) is -12.0. The lowest BCUT2D eigenvalue weighted by Gasteiger charge is -2.49. The summed E-state index contributed by atoms with van der Waals surface area (Å²) in [4.78, 5) is 36.7. The molecule has 0 aliphatic carbocycles.